The van der Waals surface area contributed by atoms with Gasteiger partial charge in [0.25, 0.3) is 0 Å². The highest BCUT2D eigenvalue weighted by Crippen LogP contribution is 2.37. The molecule has 1 atom stereocenters. The van der Waals surface area contributed by atoms with Crippen LogP contribution in [0.15, 0.2) is 4.99 Å². The van der Waals surface area contributed by atoms with Gasteiger partial charge in [-0.1, -0.05) is 39.5 Å². The standard InChI is InChI=1S/C14H26N2S/c1-5-14(8-6-9-14)16-12-15-11(7-10-17-12)13(2,3)4/h11H,5-10H2,1-4H3,(H,15,16). The maximum Gasteiger partial charge on any atom is 0.157 e. The number of aliphatic imine (C=N–C) groups is 1. The zero-order valence-corrected chi connectivity index (χ0v) is 12.5. The van der Waals surface area contributed by atoms with E-state index in [1.54, 1.807) is 0 Å². The minimum Gasteiger partial charge on any atom is -0.359 e. The van der Waals surface area contributed by atoms with Gasteiger partial charge in [-0.25, -0.2) is 0 Å². The largest absolute Gasteiger partial charge is 0.359 e. The zero-order chi connectivity index (χ0) is 12.5. The van der Waals surface area contributed by atoms with Crippen LogP contribution in [0.4, 0.5) is 0 Å². The van der Waals surface area contributed by atoms with Gasteiger partial charge in [0.2, 0.25) is 0 Å². The summed E-state index contributed by atoms with van der Waals surface area (Å²) in [7, 11) is 0. The second-order valence-corrected chi connectivity index (χ2v) is 7.65. The lowest BCUT2D eigenvalue weighted by atomic mass is 9.75. The average Bonchev–Trinajstić information content (AvgIpc) is 2.23. The van der Waals surface area contributed by atoms with Gasteiger partial charge in [0, 0.05) is 11.3 Å². The summed E-state index contributed by atoms with van der Waals surface area (Å²) in [5, 5.41) is 4.94. The molecule has 0 aromatic heterocycles. The predicted molar refractivity (Wildman–Crippen MR) is 77.8 cm³/mol. The molecule has 17 heavy (non-hydrogen) atoms. The Hall–Kier alpha value is -0.180. The average molecular weight is 254 g/mol. The Kier molecular flexibility index (Phi) is 3.77. The summed E-state index contributed by atoms with van der Waals surface area (Å²) in [5.41, 5.74) is 0.679. The number of amidine groups is 1. The number of thioether (sulfide) groups is 1. The molecule has 2 aliphatic rings. The molecule has 0 aromatic rings. The molecule has 98 valence electrons. The minimum absolute atomic E-state index is 0.299. The van der Waals surface area contributed by atoms with Gasteiger partial charge in [-0.3, -0.25) is 4.99 Å². The molecular weight excluding hydrogens is 228 g/mol. The van der Waals surface area contributed by atoms with Crippen molar-refractivity contribution in [3.05, 3.63) is 0 Å². The summed E-state index contributed by atoms with van der Waals surface area (Å²) in [4.78, 5) is 4.94. The van der Waals surface area contributed by atoms with Crippen LogP contribution in [0, 0.1) is 5.41 Å². The molecule has 0 aromatic carbocycles. The predicted octanol–water partition coefficient (Wildman–Crippen LogP) is 3.82. The van der Waals surface area contributed by atoms with Crippen LogP contribution in [-0.2, 0) is 0 Å². The highest BCUT2D eigenvalue weighted by atomic mass is 32.2. The normalized spacial score (nSPS) is 28.2. The van der Waals surface area contributed by atoms with Crippen molar-refractivity contribution in [2.75, 3.05) is 5.75 Å². The van der Waals surface area contributed by atoms with Gasteiger partial charge < -0.3 is 5.32 Å². The number of nitrogens with zero attached hydrogens (tertiary/aromatic N) is 1. The van der Waals surface area contributed by atoms with Crippen molar-refractivity contribution in [2.24, 2.45) is 10.4 Å². The van der Waals surface area contributed by atoms with Gasteiger partial charge in [0.1, 0.15) is 0 Å². The molecule has 1 aliphatic heterocycles. The van der Waals surface area contributed by atoms with Crippen molar-refractivity contribution < 1.29 is 0 Å². The Morgan fingerprint density at radius 3 is 2.59 bits per heavy atom. The number of hydrogen-bond acceptors (Lipinski definition) is 3. The van der Waals surface area contributed by atoms with E-state index < -0.39 is 0 Å². The molecule has 1 unspecified atom stereocenters. The summed E-state index contributed by atoms with van der Waals surface area (Å²) in [6.45, 7) is 9.19. The molecule has 1 saturated carbocycles. The lowest BCUT2D eigenvalue weighted by Gasteiger charge is -2.44. The van der Waals surface area contributed by atoms with Crippen LogP contribution in [0.3, 0.4) is 0 Å². The first-order valence-electron chi connectivity index (χ1n) is 6.94. The molecule has 2 nitrogen and oxygen atoms in total. The molecular formula is C14H26N2S. The lowest BCUT2D eigenvalue weighted by molar-refractivity contribution is 0.210. The molecule has 1 fully saturated rings. The third-order valence-corrected chi connectivity index (χ3v) is 5.18. The van der Waals surface area contributed by atoms with Crippen LogP contribution >= 0.6 is 11.8 Å². The Balaban J connectivity index is 2.03. The SMILES string of the molecule is CCC1(NC2=NC(C(C)(C)C)CCS2)CCC1. The molecule has 3 heteroatoms. The van der Waals surface area contributed by atoms with Crippen molar-refractivity contribution in [3.8, 4) is 0 Å². The zero-order valence-electron chi connectivity index (χ0n) is 11.7. The van der Waals surface area contributed by atoms with Crippen molar-refractivity contribution in [1.82, 2.24) is 5.32 Å². The summed E-state index contributed by atoms with van der Waals surface area (Å²) in [5.74, 6) is 1.22. The summed E-state index contributed by atoms with van der Waals surface area (Å²) >= 11 is 1.91. The number of nitrogens with one attached hydrogen (secondary N) is 1. The highest BCUT2D eigenvalue weighted by Gasteiger charge is 2.37. The molecule has 2 rings (SSSR count). The lowest BCUT2D eigenvalue weighted by Crippen LogP contribution is -2.53. The van der Waals surface area contributed by atoms with E-state index in [-0.39, 0.29) is 0 Å². The second-order valence-electron chi connectivity index (χ2n) is 6.57. The van der Waals surface area contributed by atoms with Crippen molar-refractivity contribution >= 4 is 16.9 Å². The first-order valence-corrected chi connectivity index (χ1v) is 7.92. The van der Waals surface area contributed by atoms with E-state index in [0.29, 0.717) is 17.0 Å². The van der Waals surface area contributed by atoms with Gasteiger partial charge >= 0.3 is 0 Å². The number of rotatable bonds is 2. The molecule has 0 saturated heterocycles. The fourth-order valence-corrected chi connectivity index (χ4v) is 3.63. The fraction of sp³-hybridized carbons (Fsp3) is 0.929. The Bertz CT molecular complexity index is 294. The van der Waals surface area contributed by atoms with Crippen molar-refractivity contribution in [2.45, 2.75) is 71.4 Å². The second kappa shape index (κ2) is 4.83. The smallest absolute Gasteiger partial charge is 0.157 e. The van der Waals surface area contributed by atoms with E-state index in [4.69, 9.17) is 4.99 Å². The number of hydrogen-bond donors (Lipinski definition) is 1. The van der Waals surface area contributed by atoms with Crippen LogP contribution in [-0.4, -0.2) is 22.5 Å². The first kappa shape index (κ1) is 13.3. The van der Waals surface area contributed by atoms with Gasteiger partial charge in [-0.2, -0.15) is 0 Å². The third-order valence-electron chi connectivity index (χ3n) is 4.26. The maximum absolute atomic E-state index is 4.94. The van der Waals surface area contributed by atoms with Crippen LogP contribution < -0.4 is 5.32 Å². The van der Waals surface area contributed by atoms with E-state index in [1.165, 1.54) is 43.0 Å². The third kappa shape index (κ3) is 2.98. The molecule has 0 bridgehead atoms. The summed E-state index contributed by atoms with van der Waals surface area (Å²) in [6.07, 6.45) is 6.47. The summed E-state index contributed by atoms with van der Waals surface area (Å²) < 4.78 is 0. The van der Waals surface area contributed by atoms with E-state index in [1.807, 2.05) is 11.8 Å². The van der Waals surface area contributed by atoms with E-state index in [9.17, 15) is 0 Å². The fourth-order valence-electron chi connectivity index (χ4n) is 2.60. The van der Waals surface area contributed by atoms with Crippen molar-refractivity contribution in [1.29, 1.82) is 0 Å². The van der Waals surface area contributed by atoms with E-state index >= 15 is 0 Å². The Morgan fingerprint density at radius 1 is 1.41 bits per heavy atom. The quantitative estimate of drug-likeness (QED) is 0.810. The molecule has 0 radical (unpaired) electrons. The van der Waals surface area contributed by atoms with Gasteiger partial charge in [-0.15, -0.1) is 0 Å². The van der Waals surface area contributed by atoms with Gasteiger partial charge in [0.05, 0.1) is 6.04 Å². The minimum atomic E-state index is 0.299. The van der Waals surface area contributed by atoms with Crippen LogP contribution in [0.1, 0.15) is 59.8 Å². The topological polar surface area (TPSA) is 24.4 Å². The Labute approximate surface area is 110 Å². The van der Waals surface area contributed by atoms with Crippen LogP contribution in [0.25, 0.3) is 0 Å². The van der Waals surface area contributed by atoms with E-state index in [0.717, 1.165) is 0 Å². The van der Waals surface area contributed by atoms with E-state index in [2.05, 4.69) is 33.0 Å². The maximum atomic E-state index is 4.94. The molecule has 0 spiro atoms. The van der Waals surface area contributed by atoms with Gasteiger partial charge in [0.15, 0.2) is 5.17 Å². The molecule has 0 amide bonds. The highest BCUT2D eigenvalue weighted by molar-refractivity contribution is 8.13. The Morgan fingerprint density at radius 2 is 2.12 bits per heavy atom. The summed E-state index contributed by atoms with van der Waals surface area (Å²) in [6, 6.07) is 0.486. The van der Waals surface area contributed by atoms with Crippen LogP contribution in [0.5, 0.6) is 0 Å². The molecule has 1 N–H and O–H groups in total. The first-order chi connectivity index (χ1) is 7.95. The molecule has 1 aliphatic carbocycles. The monoisotopic (exact) mass is 254 g/mol. The van der Waals surface area contributed by atoms with Crippen molar-refractivity contribution in [3.63, 3.8) is 0 Å². The van der Waals surface area contributed by atoms with Crippen LogP contribution in [0.2, 0.25) is 0 Å². The molecule has 1 heterocycles. The van der Waals surface area contributed by atoms with Gasteiger partial charge in [-0.05, 0) is 37.5 Å².